The first-order valence-corrected chi connectivity index (χ1v) is 7.77. The van der Waals surface area contributed by atoms with Gasteiger partial charge in [-0.1, -0.05) is 42.5 Å². The van der Waals surface area contributed by atoms with E-state index in [9.17, 15) is 19.5 Å². The number of nitrogens with zero attached hydrogens (tertiary/aromatic N) is 1. The summed E-state index contributed by atoms with van der Waals surface area (Å²) < 4.78 is 5.11. The molecule has 1 aliphatic heterocycles. The maximum absolute atomic E-state index is 12.9. The van der Waals surface area contributed by atoms with Crippen LogP contribution in [-0.4, -0.2) is 41.3 Å². The molecule has 1 heterocycles. The number of methoxy groups -OCH3 is 1. The minimum Gasteiger partial charge on any atom is -0.497 e. The largest absolute Gasteiger partial charge is 0.497 e. The number of ketones is 2. The highest BCUT2D eigenvalue weighted by atomic mass is 16.5. The fraction of sp³-hybridized carbons (Fsp3) is 0.211. The van der Waals surface area contributed by atoms with Crippen molar-refractivity contribution in [3.8, 4) is 5.75 Å². The molecule has 2 aromatic carbocycles. The molecule has 0 radical (unpaired) electrons. The summed E-state index contributed by atoms with van der Waals surface area (Å²) in [6.07, 6.45) is 0. The summed E-state index contributed by atoms with van der Waals surface area (Å²) in [5.41, 5.74) is 0.940. The number of amides is 1. The van der Waals surface area contributed by atoms with Crippen LogP contribution in [0.3, 0.4) is 0 Å². The number of likely N-dealkylation sites (tertiary alicyclic amines) is 1. The van der Waals surface area contributed by atoms with E-state index in [4.69, 9.17) is 4.74 Å². The van der Waals surface area contributed by atoms with E-state index in [1.54, 1.807) is 54.6 Å². The zero-order chi connectivity index (χ0) is 18.0. The number of Topliss-reactive ketones (excluding diaryl/α,β-unsaturated/α-hetero) is 2. The second kappa shape index (κ2) is 6.86. The van der Waals surface area contributed by atoms with Crippen LogP contribution in [0, 0.1) is 5.92 Å². The van der Waals surface area contributed by atoms with E-state index in [1.165, 1.54) is 7.11 Å². The Morgan fingerprint density at radius 2 is 1.72 bits per heavy atom. The number of aliphatic hydroxyl groups is 1. The summed E-state index contributed by atoms with van der Waals surface area (Å²) in [6.45, 7) is -0.639. The Balaban J connectivity index is 2.04. The molecule has 2 atom stereocenters. The van der Waals surface area contributed by atoms with Crippen molar-refractivity contribution in [3.05, 3.63) is 65.7 Å². The quantitative estimate of drug-likeness (QED) is 0.508. The summed E-state index contributed by atoms with van der Waals surface area (Å²) >= 11 is 0. The summed E-state index contributed by atoms with van der Waals surface area (Å²) in [6, 6.07) is 14.3. The van der Waals surface area contributed by atoms with Crippen LogP contribution in [-0.2, 0) is 9.59 Å². The van der Waals surface area contributed by atoms with E-state index in [2.05, 4.69) is 0 Å². The van der Waals surface area contributed by atoms with Crippen molar-refractivity contribution in [2.45, 2.75) is 6.04 Å². The van der Waals surface area contributed by atoms with Gasteiger partial charge in [-0.05, 0) is 17.7 Å². The van der Waals surface area contributed by atoms with Gasteiger partial charge in [0.1, 0.15) is 18.4 Å². The fourth-order valence-corrected chi connectivity index (χ4v) is 3.09. The van der Waals surface area contributed by atoms with E-state index >= 15 is 0 Å². The van der Waals surface area contributed by atoms with Crippen LogP contribution in [0.5, 0.6) is 5.75 Å². The van der Waals surface area contributed by atoms with E-state index in [0.717, 1.165) is 4.90 Å². The fourth-order valence-electron chi connectivity index (χ4n) is 3.09. The summed E-state index contributed by atoms with van der Waals surface area (Å²) in [5, 5.41) is 9.57. The molecular weight excluding hydrogens is 322 g/mol. The van der Waals surface area contributed by atoms with Crippen molar-refractivity contribution in [1.29, 1.82) is 0 Å². The molecule has 25 heavy (non-hydrogen) atoms. The third kappa shape index (κ3) is 2.92. The van der Waals surface area contributed by atoms with Gasteiger partial charge in [-0.15, -0.1) is 0 Å². The average Bonchev–Trinajstić information content (AvgIpc) is 2.92. The smallest absolute Gasteiger partial charge is 0.293 e. The predicted molar refractivity (Wildman–Crippen MR) is 88.9 cm³/mol. The summed E-state index contributed by atoms with van der Waals surface area (Å²) in [4.78, 5) is 38.6. The highest BCUT2D eigenvalue weighted by molar-refractivity contribution is 6.44. The number of aliphatic hydroxyl groups excluding tert-OH is 1. The first-order chi connectivity index (χ1) is 12.1. The van der Waals surface area contributed by atoms with Crippen LogP contribution in [0.25, 0.3) is 0 Å². The average molecular weight is 339 g/mol. The maximum Gasteiger partial charge on any atom is 0.293 e. The van der Waals surface area contributed by atoms with Crippen LogP contribution in [0.1, 0.15) is 22.0 Å². The molecule has 3 rings (SSSR count). The molecule has 1 amide bonds. The topological polar surface area (TPSA) is 83.9 Å². The second-order valence-electron chi connectivity index (χ2n) is 5.71. The Hall–Kier alpha value is -2.99. The highest BCUT2D eigenvalue weighted by Crippen LogP contribution is 2.38. The summed E-state index contributed by atoms with van der Waals surface area (Å²) in [7, 11) is 1.53. The van der Waals surface area contributed by atoms with Crippen LogP contribution in [0.4, 0.5) is 0 Å². The number of hydrogen-bond donors (Lipinski definition) is 1. The lowest BCUT2D eigenvalue weighted by Crippen LogP contribution is -2.31. The molecule has 6 nitrogen and oxygen atoms in total. The number of hydrogen-bond acceptors (Lipinski definition) is 5. The zero-order valence-corrected chi connectivity index (χ0v) is 13.6. The van der Waals surface area contributed by atoms with Crippen molar-refractivity contribution in [2.75, 3.05) is 13.8 Å². The van der Waals surface area contributed by atoms with Crippen LogP contribution < -0.4 is 4.74 Å². The van der Waals surface area contributed by atoms with Crippen molar-refractivity contribution < 1.29 is 24.2 Å². The van der Waals surface area contributed by atoms with Gasteiger partial charge in [-0.2, -0.15) is 0 Å². The Labute approximate surface area is 144 Å². The number of ether oxygens (including phenoxy) is 1. The van der Waals surface area contributed by atoms with Gasteiger partial charge in [0.2, 0.25) is 5.78 Å². The van der Waals surface area contributed by atoms with Gasteiger partial charge in [0.05, 0.1) is 13.2 Å². The first-order valence-electron chi connectivity index (χ1n) is 7.77. The van der Waals surface area contributed by atoms with Crippen LogP contribution in [0.2, 0.25) is 0 Å². The molecule has 2 aromatic rings. The summed E-state index contributed by atoms with van der Waals surface area (Å²) in [5.74, 6) is -2.66. The highest BCUT2D eigenvalue weighted by Gasteiger charge is 2.51. The predicted octanol–water partition coefficient (Wildman–Crippen LogP) is 1.60. The van der Waals surface area contributed by atoms with Crippen molar-refractivity contribution in [1.82, 2.24) is 4.90 Å². The third-order valence-corrected chi connectivity index (χ3v) is 4.36. The molecule has 0 aliphatic carbocycles. The third-order valence-electron chi connectivity index (χ3n) is 4.36. The van der Waals surface area contributed by atoms with Gasteiger partial charge in [0, 0.05) is 5.56 Å². The number of rotatable bonds is 5. The van der Waals surface area contributed by atoms with Gasteiger partial charge in [-0.3, -0.25) is 14.4 Å². The van der Waals surface area contributed by atoms with Gasteiger partial charge >= 0.3 is 0 Å². The van der Waals surface area contributed by atoms with E-state index in [0.29, 0.717) is 16.9 Å². The Kier molecular flexibility index (Phi) is 4.63. The molecule has 6 heteroatoms. The second-order valence-corrected chi connectivity index (χ2v) is 5.71. The molecule has 0 spiro atoms. The Morgan fingerprint density at radius 1 is 1.08 bits per heavy atom. The van der Waals surface area contributed by atoms with Crippen LogP contribution >= 0.6 is 0 Å². The van der Waals surface area contributed by atoms with Crippen molar-refractivity contribution in [2.24, 2.45) is 5.92 Å². The molecule has 1 N–H and O–H groups in total. The molecule has 1 saturated heterocycles. The number of carbonyl (C=O) groups excluding carboxylic acids is 3. The molecule has 0 bridgehead atoms. The monoisotopic (exact) mass is 339 g/mol. The number of carbonyl (C=O) groups is 3. The van der Waals surface area contributed by atoms with Crippen LogP contribution in [0.15, 0.2) is 54.6 Å². The number of benzene rings is 2. The Morgan fingerprint density at radius 3 is 2.28 bits per heavy atom. The maximum atomic E-state index is 12.9. The van der Waals surface area contributed by atoms with E-state index < -0.39 is 36.2 Å². The molecule has 1 aliphatic rings. The van der Waals surface area contributed by atoms with E-state index in [-0.39, 0.29) is 0 Å². The van der Waals surface area contributed by atoms with Gasteiger partial charge in [0.15, 0.2) is 5.78 Å². The molecule has 128 valence electrons. The Bertz CT molecular complexity index is 800. The SMILES string of the molecule is COc1ccc(C2C(C(=O)c3ccccc3)C(=O)C(=O)N2CO)cc1. The lowest BCUT2D eigenvalue weighted by atomic mass is 9.86. The minimum atomic E-state index is -1.18. The normalized spacial score (nSPS) is 20.0. The lowest BCUT2D eigenvalue weighted by Gasteiger charge is -2.25. The standard InChI is InChI=1S/C19H17NO5/c1-25-14-9-7-12(8-10-14)16-15(18(23)19(24)20(16)11-21)17(22)13-5-3-2-4-6-13/h2-10,15-16,21H,11H2,1H3. The minimum absolute atomic E-state index is 0.354. The molecule has 0 saturated carbocycles. The van der Waals surface area contributed by atoms with E-state index in [1.807, 2.05) is 0 Å². The van der Waals surface area contributed by atoms with Gasteiger partial charge in [0.25, 0.3) is 5.91 Å². The lowest BCUT2D eigenvalue weighted by molar-refractivity contribution is -0.142. The first kappa shape index (κ1) is 16.9. The van der Waals surface area contributed by atoms with Crippen molar-refractivity contribution >= 4 is 17.5 Å². The van der Waals surface area contributed by atoms with Gasteiger partial charge < -0.3 is 14.7 Å². The zero-order valence-electron chi connectivity index (χ0n) is 13.6. The molecule has 2 unspecified atom stereocenters. The van der Waals surface area contributed by atoms with Crippen molar-refractivity contribution in [3.63, 3.8) is 0 Å². The molecular formula is C19H17NO5. The van der Waals surface area contributed by atoms with Gasteiger partial charge in [-0.25, -0.2) is 0 Å². The molecule has 0 aromatic heterocycles. The molecule has 1 fully saturated rings.